The highest BCUT2D eigenvalue weighted by Gasteiger charge is 2.03. The second-order valence-electron chi connectivity index (χ2n) is 2.35. The van der Waals surface area contributed by atoms with Crippen LogP contribution in [0.5, 0.6) is 0 Å². The summed E-state index contributed by atoms with van der Waals surface area (Å²) in [5.41, 5.74) is 0. The van der Waals surface area contributed by atoms with Gasteiger partial charge in [-0.15, -0.1) is 0 Å². The van der Waals surface area contributed by atoms with E-state index in [2.05, 4.69) is 25.7 Å². The van der Waals surface area contributed by atoms with Crippen LogP contribution in [0.4, 0.5) is 0 Å². The molecular weight excluding hydrogens is 114 g/mol. The molecule has 0 amide bonds. The molecule has 0 unspecified atom stereocenters. The van der Waals surface area contributed by atoms with Gasteiger partial charge >= 0.3 is 0 Å². The predicted molar refractivity (Wildman–Crippen MR) is 39.2 cm³/mol. The molecule has 0 fully saturated rings. The molecule has 0 saturated heterocycles. The van der Waals surface area contributed by atoms with Crippen LogP contribution in [0, 0.1) is 6.92 Å². The fraction of sp³-hybridized carbons (Fsp3) is 0.857. The molecule has 0 aliphatic heterocycles. The van der Waals surface area contributed by atoms with E-state index < -0.39 is 0 Å². The topological polar surface area (TPSA) is 23.5 Å². The summed E-state index contributed by atoms with van der Waals surface area (Å²) in [6.45, 7) is 9.68. The number of hydrogen-bond donors (Lipinski definition) is 1. The summed E-state index contributed by atoms with van der Waals surface area (Å²) in [7, 11) is 0. The monoisotopic (exact) mass is 130 g/mol. The third-order valence-electron chi connectivity index (χ3n) is 1.40. The average molecular weight is 130 g/mol. The molecule has 0 aromatic heterocycles. The van der Waals surface area contributed by atoms with Crippen molar-refractivity contribution >= 4 is 0 Å². The van der Waals surface area contributed by atoms with Crippen molar-refractivity contribution in [2.24, 2.45) is 0 Å². The standard InChI is InChI=1S/C7H16NO/c1-4-8(5-6-9)7(2)3/h7,9H,1,4-6H2,2-3H3. The number of rotatable bonds is 4. The number of aliphatic hydroxyl groups excluding tert-OH is 1. The van der Waals surface area contributed by atoms with Crippen LogP contribution >= 0.6 is 0 Å². The maximum atomic E-state index is 8.55. The average Bonchev–Trinajstić information content (AvgIpc) is 1.82. The Labute approximate surface area is 57.5 Å². The van der Waals surface area contributed by atoms with Gasteiger partial charge in [0, 0.05) is 12.6 Å². The Hall–Kier alpha value is -0.0800. The van der Waals surface area contributed by atoms with Crippen LogP contribution < -0.4 is 0 Å². The first-order chi connectivity index (χ1) is 4.22. The van der Waals surface area contributed by atoms with E-state index in [1.807, 2.05) is 0 Å². The molecule has 0 bridgehead atoms. The van der Waals surface area contributed by atoms with Crippen LogP contribution in [0.15, 0.2) is 0 Å². The molecule has 0 aromatic rings. The molecule has 1 radical (unpaired) electrons. The second-order valence-corrected chi connectivity index (χ2v) is 2.35. The Bertz CT molecular complexity index is 63.9. The van der Waals surface area contributed by atoms with Crippen LogP contribution in [0.1, 0.15) is 13.8 Å². The lowest BCUT2D eigenvalue weighted by Gasteiger charge is -2.22. The van der Waals surface area contributed by atoms with E-state index in [0.717, 1.165) is 13.1 Å². The molecule has 1 N–H and O–H groups in total. The maximum absolute atomic E-state index is 8.55. The fourth-order valence-electron chi connectivity index (χ4n) is 0.757. The van der Waals surface area contributed by atoms with E-state index in [-0.39, 0.29) is 6.61 Å². The van der Waals surface area contributed by atoms with Gasteiger partial charge in [0.2, 0.25) is 0 Å². The fourth-order valence-corrected chi connectivity index (χ4v) is 0.757. The van der Waals surface area contributed by atoms with Crippen molar-refractivity contribution in [1.82, 2.24) is 4.90 Å². The Morgan fingerprint density at radius 3 is 2.22 bits per heavy atom. The van der Waals surface area contributed by atoms with Crippen LogP contribution in [-0.2, 0) is 0 Å². The van der Waals surface area contributed by atoms with Crippen molar-refractivity contribution in [1.29, 1.82) is 0 Å². The third-order valence-corrected chi connectivity index (χ3v) is 1.40. The van der Waals surface area contributed by atoms with Gasteiger partial charge < -0.3 is 5.11 Å². The minimum absolute atomic E-state index is 0.230. The summed E-state index contributed by atoms with van der Waals surface area (Å²) in [5, 5.41) is 8.55. The van der Waals surface area contributed by atoms with Gasteiger partial charge in [-0.2, -0.15) is 0 Å². The van der Waals surface area contributed by atoms with Crippen molar-refractivity contribution in [2.45, 2.75) is 19.9 Å². The van der Waals surface area contributed by atoms with Gasteiger partial charge in [-0.05, 0) is 27.3 Å². The van der Waals surface area contributed by atoms with Crippen molar-refractivity contribution in [3.05, 3.63) is 6.92 Å². The summed E-state index contributed by atoms with van der Waals surface area (Å²) >= 11 is 0. The van der Waals surface area contributed by atoms with E-state index in [1.165, 1.54) is 0 Å². The van der Waals surface area contributed by atoms with Gasteiger partial charge in [0.25, 0.3) is 0 Å². The molecule has 0 aliphatic rings. The van der Waals surface area contributed by atoms with Crippen LogP contribution in [0.25, 0.3) is 0 Å². The van der Waals surface area contributed by atoms with Crippen molar-refractivity contribution in [3.8, 4) is 0 Å². The SMILES string of the molecule is [CH2]CN(CCO)C(C)C. The number of aliphatic hydroxyl groups is 1. The quantitative estimate of drug-likeness (QED) is 0.600. The maximum Gasteiger partial charge on any atom is 0.0558 e. The van der Waals surface area contributed by atoms with Gasteiger partial charge in [-0.1, -0.05) is 0 Å². The molecule has 0 heterocycles. The summed E-state index contributed by atoms with van der Waals surface area (Å²) in [5.74, 6) is 0. The molecule has 0 aliphatic carbocycles. The Balaban J connectivity index is 3.41. The van der Waals surface area contributed by atoms with Crippen molar-refractivity contribution in [2.75, 3.05) is 19.7 Å². The Kier molecular flexibility index (Phi) is 4.72. The molecule has 0 atom stereocenters. The minimum atomic E-state index is 0.230. The first-order valence-corrected chi connectivity index (χ1v) is 3.36. The molecular formula is C7H16NO. The van der Waals surface area contributed by atoms with Crippen molar-refractivity contribution in [3.63, 3.8) is 0 Å². The van der Waals surface area contributed by atoms with Gasteiger partial charge in [0.05, 0.1) is 6.61 Å². The first kappa shape index (κ1) is 8.92. The second kappa shape index (κ2) is 4.77. The first-order valence-electron chi connectivity index (χ1n) is 3.36. The molecule has 0 aromatic carbocycles. The van der Waals surface area contributed by atoms with Gasteiger partial charge in [0.15, 0.2) is 0 Å². The minimum Gasteiger partial charge on any atom is -0.395 e. The lowest BCUT2D eigenvalue weighted by molar-refractivity contribution is 0.179. The van der Waals surface area contributed by atoms with E-state index in [4.69, 9.17) is 5.11 Å². The van der Waals surface area contributed by atoms with Gasteiger partial charge in [-0.25, -0.2) is 0 Å². The summed E-state index contributed by atoms with van der Waals surface area (Å²) < 4.78 is 0. The van der Waals surface area contributed by atoms with Gasteiger partial charge in [0.1, 0.15) is 0 Å². The zero-order chi connectivity index (χ0) is 7.28. The zero-order valence-electron chi connectivity index (χ0n) is 6.30. The molecule has 55 valence electrons. The van der Waals surface area contributed by atoms with Crippen molar-refractivity contribution < 1.29 is 5.11 Å². The summed E-state index contributed by atoms with van der Waals surface area (Å²) in [6.07, 6.45) is 0. The Morgan fingerprint density at radius 1 is 1.56 bits per heavy atom. The summed E-state index contributed by atoms with van der Waals surface area (Å²) in [4.78, 5) is 2.11. The predicted octanol–water partition coefficient (Wildman–Crippen LogP) is 0.523. The molecule has 0 rings (SSSR count). The highest BCUT2D eigenvalue weighted by atomic mass is 16.3. The normalized spacial score (nSPS) is 11.3. The molecule has 9 heavy (non-hydrogen) atoms. The van der Waals surface area contributed by atoms with Crippen LogP contribution in [0.3, 0.4) is 0 Å². The zero-order valence-corrected chi connectivity index (χ0v) is 6.30. The number of hydrogen-bond acceptors (Lipinski definition) is 2. The lowest BCUT2D eigenvalue weighted by atomic mass is 10.3. The van der Waals surface area contributed by atoms with E-state index in [0.29, 0.717) is 6.04 Å². The van der Waals surface area contributed by atoms with E-state index in [9.17, 15) is 0 Å². The molecule has 0 spiro atoms. The highest BCUT2D eigenvalue weighted by Crippen LogP contribution is 1.94. The molecule has 2 heteroatoms. The highest BCUT2D eigenvalue weighted by molar-refractivity contribution is 4.62. The lowest BCUT2D eigenvalue weighted by Crippen LogP contribution is -2.33. The van der Waals surface area contributed by atoms with Crippen LogP contribution in [-0.4, -0.2) is 35.7 Å². The van der Waals surface area contributed by atoms with E-state index >= 15 is 0 Å². The summed E-state index contributed by atoms with van der Waals surface area (Å²) in [6, 6.07) is 0.495. The van der Waals surface area contributed by atoms with Crippen LogP contribution in [0.2, 0.25) is 0 Å². The van der Waals surface area contributed by atoms with Gasteiger partial charge in [-0.3, -0.25) is 4.90 Å². The largest absolute Gasteiger partial charge is 0.395 e. The Morgan fingerprint density at radius 2 is 2.11 bits per heavy atom. The molecule has 0 saturated carbocycles. The third kappa shape index (κ3) is 3.49. The smallest absolute Gasteiger partial charge is 0.0558 e. The van der Waals surface area contributed by atoms with E-state index in [1.54, 1.807) is 0 Å². The number of nitrogens with zero attached hydrogens (tertiary/aromatic N) is 1. The molecule has 2 nitrogen and oxygen atoms in total.